The highest BCUT2D eigenvalue weighted by Gasteiger charge is 2.47. The predicted octanol–water partition coefficient (Wildman–Crippen LogP) is 2.31. The number of thioether (sulfide) groups is 1. The minimum absolute atomic E-state index is 0.0362. The van der Waals surface area contributed by atoms with E-state index in [9.17, 15) is 18.0 Å². The summed E-state index contributed by atoms with van der Waals surface area (Å²) in [6, 6.07) is -0.450. The molecule has 2 aliphatic heterocycles. The zero-order chi connectivity index (χ0) is 11.2. The number of nitrogens with zero attached hydrogens (tertiary/aromatic N) is 2. The lowest BCUT2D eigenvalue weighted by atomic mass is 10.1. The van der Waals surface area contributed by atoms with Crippen LogP contribution in [0.15, 0.2) is 0 Å². The fraction of sp³-hybridized carbons (Fsp3) is 0.857. The monoisotopic (exact) mass is 258 g/mol. The summed E-state index contributed by atoms with van der Waals surface area (Å²) in [5.74, 6) is 0. The summed E-state index contributed by atoms with van der Waals surface area (Å²) >= 11 is 3.85. The van der Waals surface area contributed by atoms with E-state index < -0.39 is 16.9 Å². The Morgan fingerprint density at radius 2 is 2.07 bits per heavy atom. The summed E-state index contributed by atoms with van der Waals surface area (Å²) in [6.07, 6.45) is 0.955. The van der Waals surface area contributed by atoms with Crippen molar-refractivity contribution < 1.29 is 18.0 Å². The molecule has 2 heterocycles. The number of fused-ring (bicyclic) bond motifs is 2. The Morgan fingerprint density at radius 1 is 1.40 bits per heavy atom. The summed E-state index contributed by atoms with van der Waals surface area (Å²) in [4.78, 5) is 12.7. The second-order valence-corrected chi connectivity index (χ2v) is 5.20. The van der Waals surface area contributed by atoms with E-state index in [2.05, 4.69) is 12.8 Å². The molecule has 2 saturated heterocycles. The van der Waals surface area contributed by atoms with Crippen LogP contribution in [-0.2, 0) is 0 Å². The number of carbonyl (C=O) groups is 1. The van der Waals surface area contributed by atoms with Crippen molar-refractivity contribution >= 4 is 30.6 Å². The van der Waals surface area contributed by atoms with E-state index in [-0.39, 0.29) is 17.8 Å². The zero-order valence-electron chi connectivity index (χ0n) is 7.57. The van der Waals surface area contributed by atoms with Gasteiger partial charge in [0, 0.05) is 6.54 Å². The molecule has 2 bridgehead atoms. The summed E-state index contributed by atoms with van der Waals surface area (Å²) in [6.45, 7) is 0.357. The summed E-state index contributed by atoms with van der Waals surface area (Å²) in [5.41, 5.74) is -4.29. The molecule has 3 nitrogen and oxygen atoms in total. The van der Waals surface area contributed by atoms with Crippen LogP contribution >= 0.6 is 24.6 Å². The van der Waals surface area contributed by atoms with Crippen LogP contribution in [0.3, 0.4) is 0 Å². The van der Waals surface area contributed by atoms with Gasteiger partial charge in [0.15, 0.2) is 0 Å². The van der Waals surface area contributed by atoms with Crippen molar-refractivity contribution in [2.45, 2.75) is 29.8 Å². The second-order valence-electron chi connectivity index (χ2n) is 3.53. The highest BCUT2D eigenvalue weighted by atomic mass is 32.2. The van der Waals surface area contributed by atoms with E-state index in [0.29, 0.717) is 19.4 Å². The largest absolute Gasteiger partial charge is 0.443 e. The Bertz CT molecular complexity index is 286. The molecule has 2 rings (SSSR count). The first-order valence-electron chi connectivity index (χ1n) is 4.42. The maximum atomic E-state index is 12.2. The van der Waals surface area contributed by atoms with E-state index in [1.165, 1.54) is 9.21 Å². The van der Waals surface area contributed by atoms with Crippen molar-refractivity contribution in [1.29, 1.82) is 0 Å². The quantitative estimate of drug-likeness (QED) is 0.730. The van der Waals surface area contributed by atoms with Crippen LogP contribution in [0.4, 0.5) is 18.0 Å². The smallest absolute Gasteiger partial charge is 0.310 e. The second kappa shape index (κ2) is 3.65. The fourth-order valence-corrected chi connectivity index (χ4v) is 3.06. The molecule has 0 aromatic heterocycles. The molecule has 0 radical (unpaired) electrons. The molecule has 2 amide bonds. The van der Waals surface area contributed by atoms with Gasteiger partial charge in [-0.3, -0.25) is 4.31 Å². The highest BCUT2D eigenvalue weighted by molar-refractivity contribution is 8.00. The molecule has 2 fully saturated rings. The predicted molar refractivity (Wildman–Crippen MR) is 53.4 cm³/mol. The van der Waals surface area contributed by atoms with Gasteiger partial charge < -0.3 is 4.90 Å². The van der Waals surface area contributed by atoms with Gasteiger partial charge in [-0.15, -0.1) is 0 Å². The molecule has 15 heavy (non-hydrogen) atoms. The van der Waals surface area contributed by atoms with Crippen molar-refractivity contribution in [3.05, 3.63) is 0 Å². The Balaban J connectivity index is 2.07. The fourth-order valence-electron chi connectivity index (χ4n) is 1.89. The van der Waals surface area contributed by atoms with E-state index in [0.717, 1.165) is 0 Å². The first kappa shape index (κ1) is 11.3. The van der Waals surface area contributed by atoms with Crippen molar-refractivity contribution in [2.24, 2.45) is 0 Å². The van der Waals surface area contributed by atoms with Crippen molar-refractivity contribution in [3.8, 4) is 0 Å². The van der Waals surface area contributed by atoms with Crippen LogP contribution < -0.4 is 0 Å². The topological polar surface area (TPSA) is 23.6 Å². The van der Waals surface area contributed by atoms with Crippen LogP contribution in [0.25, 0.3) is 0 Å². The number of rotatable bonds is 1. The third-order valence-corrected chi connectivity index (χ3v) is 4.09. The minimum atomic E-state index is -4.29. The molecule has 2 atom stereocenters. The minimum Gasteiger partial charge on any atom is -0.310 e. The number of thiol groups is 1. The number of alkyl halides is 3. The molecule has 0 N–H and O–H groups in total. The first-order chi connectivity index (χ1) is 6.88. The summed E-state index contributed by atoms with van der Waals surface area (Å²) in [7, 11) is 0. The summed E-state index contributed by atoms with van der Waals surface area (Å²) < 4.78 is 37.8. The number of urea groups is 1. The number of hydrogen-bond donors (Lipinski definition) is 1. The molecule has 0 saturated carbocycles. The Labute approximate surface area is 94.5 Å². The van der Waals surface area contributed by atoms with Crippen molar-refractivity contribution in [3.63, 3.8) is 0 Å². The SMILES string of the molecule is O=C1N(S)[C@@H]2CC[C@@H](SC(F)(F)F)N1C2. The molecule has 2 aliphatic rings. The molecule has 86 valence electrons. The molecular weight excluding hydrogens is 249 g/mol. The van der Waals surface area contributed by atoms with Gasteiger partial charge in [-0.1, -0.05) is 12.8 Å². The molecule has 8 heteroatoms. The lowest BCUT2D eigenvalue weighted by Crippen LogP contribution is -2.39. The lowest BCUT2D eigenvalue weighted by Gasteiger charge is -2.30. The van der Waals surface area contributed by atoms with Crippen molar-refractivity contribution in [2.75, 3.05) is 6.54 Å². The number of hydrogen-bond acceptors (Lipinski definition) is 3. The highest BCUT2D eigenvalue weighted by Crippen LogP contribution is 2.42. The number of piperidine rings is 1. The summed E-state index contributed by atoms with van der Waals surface area (Å²) in [5, 5.41) is -0.786. The van der Waals surface area contributed by atoms with Gasteiger partial charge in [0.1, 0.15) is 0 Å². The van der Waals surface area contributed by atoms with E-state index in [1.54, 1.807) is 0 Å². The van der Waals surface area contributed by atoms with Gasteiger partial charge in [-0.05, 0) is 24.6 Å². The van der Waals surface area contributed by atoms with Gasteiger partial charge >= 0.3 is 11.5 Å². The van der Waals surface area contributed by atoms with Crippen LogP contribution in [0.5, 0.6) is 0 Å². The van der Waals surface area contributed by atoms with Gasteiger partial charge in [0.2, 0.25) is 0 Å². The van der Waals surface area contributed by atoms with Crippen LogP contribution in [0.1, 0.15) is 12.8 Å². The molecule has 0 aliphatic carbocycles. The average Bonchev–Trinajstić information content (AvgIpc) is 2.34. The van der Waals surface area contributed by atoms with Crippen LogP contribution in [0, 0.1) is 0 Å². The number of amides is 2. The molecule has 0 unspecified atom stereocenters. The number of halogens is 3. The molecule has 0 aromatic rings. The molecule has 0 spiro atoms. The van der Waals surface area contributed by atoms with Gasteiger partial charge in [-0.25, -0.2) is 4.79 Å². The maximum absolute atomic E-state index is 12.2. The number of carbonyl (C=O) groups excluding carboxylic acids is 1. The van der Waals surface area contributed by atoms with E-state index in [4.69, 9.17) is 0 Å². The molecule has 0 aromatic carbocycles. The van der Waals surface area contributed by atoms with Crippen molar-refractivity contribution in [1.82, 2.24) is 9.21 Å². The van der Waals surface area contributed by atoms with Gasteiger partial charge in [0.25, 0.3) is 0 Å². The normalized spacial score (nSPS) is 31.3. The standard InChI is InChI=1S/C7H9F3N2OS2/c8-7(9,10)15-5-2-1-4-3-11(5)6(13)12(4)14/h4-5,14H,1-3H2/t4-,5-/m1/s1. The first-order valence-corrected chi connectivity index (χ1v) is 5.70. The maximum Gasteiger partial charge on any atom is 0.443 e. The van der Waals surface area contributed by atoms with Gasteiger partial charge in [0.05, 0.1) is 11.4 Å². The van der Waals surface area contributed by atoms with Crippen LogP contribution in [-0.4, -0.2) is 38.7 Å². The average molecular weight is 258 g/mol. The molecular formula is C7H9F3N2OS2. The lowest BCUT2D eigenvalue weighted by molar-refractivity contribution is -0.0344. The van der Waals surface area contributed by atoms with E-state index in [1.807, 2.05) is 0 Å². The Morgan fingerprint density at radius 3 is 2.67 bits per heavy atom. The van der Waals surface area contributed by atoms with Gasteiger partial charge in [-0.2, -0.15) is 13.2 Å². The Hall–Kier alpha value is -0.240. The Kier molecular flexibility index (Phi) is 2.74. The zero-order valence-corrected chi connectivity index (χ0v) is 9.28. The van der Waals surface area contributed by atoms with Crippen LogP contribution in [0.2, 0.25) is 0 Å². The van der Waals surface area contributed by atoms with E-state index >= 15 is 0 Å². The third-order valence-electron chi connectivity index (χ3n) is 2.56. The third kappa shape index (κ3) is 2.15.